The molecule has 1 aromatic carbocycles. The maximum absolute atomic E-state index is 6.26. The quantitative estimate of drug-likeness (QED) is 0.645. The zero-order valence-electron chi connectivity index (χ0n) is 13.4. The van der Waals surface area contributed by atoms with Crippen LogP contribution in [0, 0.1) is 0 Å². The molecule has 0 spiro atoms. The van der Waals surface area contributed by atoms with Gasteiger partial charge in [0, 0.05) is 35.1 Å². The van der Waals surface area contributed by atoms with Gasteiger partial charge in [0.05, 0.1) is 19.0 Å². The number of ether oxygens (including phenoxy) is 1. The van der Waals surface area contributed by atoms with E-state index in [2.05, 4.69) is 20.5 Å². The average molecular weight is 343 g/mol. The molecule has 5 nitrogen and oxygen atoms in total. The summed E-state index contributed by atoms with van der Waals surface area (Å²) in [4.78, 5) is 4.15. The van der Waals surface area contributed by atoms with Crippen LogP contribution in [0.25, 0.3) is 11.3 Å². The van der Waals surface area contributed by atoms with E-state index in [4.69, 9.17) is 16.3 Å². The maximum Gasteiger partial charge on any atom is 0.120 e. The van der Waals surface area contributed by atoms with Crippen LogP contribution < -0.4 is 10.1 Å². The number of nitrogens with one attached hydrogen (secondary N) is 2. The Balaban J connectivity index is 1.55. The van der Waals surface area contributed by atoms with Crippen LogP contribution in [0.5, 0.6) is 5.75 Å². The number of aromatic amines is 1. The van der Waals surface area contributed by atoms with Crippen LogP contribution in [0.4, 0.5) is 0 Å². The van der Waals surface area contributed by atoms with Crippen molar-refractivity contribution in [2.45, 2.75) is 13.0 Å². The van der Waals surface area contributed by atoms with E-state index >= 15 is 0 Å². The summed E-state index contributed by atoms with van der Waals surface area (Å²) >= 11 is 6.26. The van der Waals surface area contributed by atoms with E-state index in [-0.39, 0.29) is 0 Å². The highest BCUT2D eigenvalue weighted by Crippen LogP contribution is 2.23. The van der Waals surface area contributed by atoms with Gasteiger partial charge < -0.3 is 10.1 Å². The molecule has 0 amide bonds. The van der Waals surface area contributed by atoms with Crippen LogP contribution in [-0.2, 0) is 13.0 Å². The second-order valence-electron chi connectivity index (χ2n) is 5.40. The minimum Gasteiger partial charge on any atom is -0.497 e. The van der Waals surface area contributed by atoms with Gasteiger partial charge in [0.25, 0.3) is 0 Å². The molecule has 0 fully saturated rings. The van der Waals surface area contributed by atoms with Gasteiger partial charge in [0.15, 0.2) is 0 Å². The molecule has 2 heterocycles. The van der Waals surface area contributed by atoms with Gasteiger partial charge >= 0.3 is 0 Å². The van der Waals surface area contributed by atoms with E-state index in [9.17, 15) is 0 Å². The zero-order chi connectivity index (χ0) is 16.8. The molecule has 0 aliphatic rings. The fraction of sp³-hybridized carbons (Fsp3) is 0.222. The summed E-state index contributed by atoms with van der Waals surface area (Å²) in [6.45, 7) is 1.55. The predicted molar refractivity (Wildman–Crippen MR) is 95.2 cm³/mol. The Kier molecular flexibility index (Phi) is 5.46. The molecule has 6 heteroatoms. The molecular weight excluding hydrogens is 324 g/mol. The van der Waals surface area contributed by atoms with Crippen molar-refractivity contribution in [1.82, 2.24) is 20.5 Å². The first-order valence-electron chi connectivity index (χ1n) is 7.73. The molecule has 3 aromatic rings. The number of rotatable bonds is 7. The van der Waals surface area contributed by atoms with E-state index in [1.165, 1.54) is 0 Å². The van der Waals surface area contributed by atoms with Crippen molar-refractivity contribution in [1.29, 1.82) is 0 Å². The minimum absolute atomic E-state index is 0.731. The highest BCUT2D eigenvalue weighted by atomic mass is 35.5. The molecule has 3 rings (SSSR count). The predicted octanol–water partition coefficient (Wildman–Crippen LogP) is 3.47. The number of aromatic nitrogens is 3. The second-order valence-corrected chi connectivity index (χ2v) is 5.80. The molecule has 0 aliphatic carbocycles. The number of pyridine rings is 1. The summed E-state index contributed by atoms with van der Waals surface area (Å²) in [7, 11) is 1.64. The summed E-state index contributed by atoms with van der Waals surface area (Å²) in [5.74, 6) is 0.774. The Bertz CT molecular complexity index is 789. The molecular formula is C18H19ClN4O. The lowest BCUT2D eigenvalue weighted by Gasteiger charge is -2.08. The number of benzene rings is 1. The molecule has 24 heavy (non-hydrogen) atoms. The molecule has 0 saturated heterocycles. The third-order valence-corrected chi connectivity index (χ3v) is 4.17. The summed E-state index contributed by atoms with van der Waals surface area (Å²) in [6.07, 6.45) is 6.28. The molecule has 124 valence electrons. The smallest absolute Gasteiger partial charge is 0.120 e. The first-order chi connectivity index (χ1) is 11.8. The lowest BCUT2D eigenvalue weighted by atomic mass is 10.1. The number of hydrogen-bond acceptors (Lipinski definition) is 4. The van der Waals surface area contributed by atoms with Crippen LogP contribution in [0.2, 0.25) is 5.02 Å². The molecule has 0 aliphatic heterocycles. The maximum atomic E-state index is 6.26. The van der Waals surface area contributed by atoms with Gasteiger partial charge in [-0.2, -0.15) is 5.10 Å². The summed E-state index contributed by atoms with van der Waals surface area (Å²) < 4.78 is 5.16. The molecule has 0 bridgehead atoms. The largest absolute Gasteiger partial charge is 0.497 e. The lowest BCUT2D eigenvalue weighted by molar-refractivity contribution is 0.414. The van der Waals surface area contributed by atoms with Crippen molar-refractivity contribution in [2.24, 2.45) is 0 Å². The summed E-state index contributed by atoms with van der Waals surface area (Å²) in [5, 5.41) is 11.3. The summed E-state index contributed by atoms with van der Waals surface area (Å²) in [5.41, 5.74) is 4.25. The Hall–Kier alpha value is -2.37. The Morgan fingerprint density at radius 2 is 2.12 bits per heavy atom. The highest BCUT2D eigenvalue weighted by molar-refractivity contribution is 6.31. The fourth-order valence-electron chi connectivity index (χ4n) is 2.51. The van der Waals surface area contributed by atoms with E-state index in [0.717, 1.165) is 52.7 Å². The van der Waals surface area contributed by atoms with Crippen LogP contribution in [-0.4, -0.2) is 28.8 Å². The highest BCUT2D eigenvalue weighted by Gasteiger charge is 2.07. The first kappa shape index (κ1) is 16.5. The van der Waals surface area contributed by atoms with Gasteiger partial charge in [-0.05, 0) is 42.8 Å². The first-order valence-corrected chi connectivity index (χ1v) is 8.11. The molecule has 0 unspecified atom stereocenters. The third-order valence-electron chi connectivity index (χ3n) is 3.81. The van der Waals surface area contributed by atoms with Crippen molar-refractivity contribution >= 4 is 11.6 Å². The fourth-order valence-corrected chi connectivity index (χ4v) is 2.77. The van der Waals surface area contributed by atoms with E-state index in [0.29, 0.717) is 0 Å². The van der Waals surface area contributed by atoms with E-state index in [1.807, 2.05) is 42.7 Å². The Morgan fingerprint density at radius 3 is 2.88 bits per heavy atom. The number of hydrogen-bond donors (Lipinski definition) is 2. The monoisotopic (exact) mass is 342 g/mol. The van der Waals surface area contributed by atoms with Crippen LogP contribution in [0.1, 0.15) is 11.1 Å². The molecule has 0 saturated carbocycles. The number of halogens is 1. The van der Waals surface area contributed by atoms with Crippen molar-refractivity contribution in [3.8, 4) is 17.0 Å². The summed E-state index contributed by atoms with van der Waals surface area (Å²) in [6, 6.07) is 9.70. The lowest BCUT2D eigenvalue weighted by Crippen LogP contribution is -2.17. The van der Waals surface area contributed by atoms with Crippen LogP contribution >= 0.6 is 11.6 Å². The number of H-pyrrole nitrogens is 1. The number of nitrogens with zero attached hydrogens (tertiary/aromatic N) is 2. The normalized spacial score (nSPS) is 10.8. The minimum atomic E-state index is 0.731. The molecule has 0 radical (unpaired) electrons. The van der Waals surface area contributed by atoms with Crippen LogP contribution in [0.3, 0.4) is 0 Å². The second kappa shape index (κ2) is 7.95. The van der Waals surface area contributed by atoms with Gasteiger partial charge in [0.1, 0.15) is 5.75 Å². The van der Waals surface area contributed by atoms with Crippen molar-refractivity contribution < 1.29 is 4.74 Å². The number of methoxy groups -OCH3 is 1. The van der Waals surface area contributed by atoms with Crippen molar-refractivity contribution in [3.63, 3.8) is 0 Å². The average Bonchev–Trinajstić information content (AvgIpc) is 3.09. The van der Waals surface area contributed by atoms with E-state index in [1.54, 1.807) is 13.3 Å². The van der Waals surface area contributed by atoms with Crippen molar-refractivity contribution in [2.75, 3.05) is 13.7 Å². The molecule has 2 N–H and O–H groups in total. The van der Waals surface area contributed by atoms with Gasteiger partial charge in [-0.3, -0.25) is 10.1 Å². The molecule has 2 aromatic heterocycles. The van der Waals surface area contributed by atoms with Crippen molar-refractivity contribution in [3.05, 3.63) is 65.1 Å². The third kappa shape index (κ3) is 3.93. The molecule has 0 atom stereocenters. The van der Waals surface area contributed by atoms with Gasteiger partial charge in [-0.25, -0.2) is 0 Å². The van der Waals surface area contributed by atoms with Gasteiger partial charge in [-0.1, -0.05) is 17.7 Å². The van der Waals surface area contributed by atoms with Gasteiger partial charge in [0.2, 0.25) is 0 Å². The van der Waals surface area contributed by atoms with Gasteiger partial charge in [-0.15, -0.1) is 0 Å². The van der Waals surface area contributed by atoms with E-state index < -0.39 is 0 Å². The zero-order valence-corrected chi connectivity index (χ0v) is 14.2. The Morgan fingerprint density at radius 1 is 1.21 bits per heavy atom. The standard InChI is InChI=1S/C18H19ClN4O/c1-24-16-5-4-13(17(19)9-16)6-8-21-11-15-12-22-23-18(15)14-3-2-7-20-10-14/h2-5,7,9-10,12,21H,6,8,11H2,1H3,(H,22,23). The SMILES string of the molecule is COc1ccc(CCNCc2cn[nH]c2-c2cccnc2)c(Cl)c1. The van der Waals surface area contributed by atoms with Crippen LogP contribution in [0.15, 0.2) is 48.9 Å². The Labute approximate surface area is 146 Å². The topological polar surface area (TPSA) is 62.8 Å².